The molecule has 4 rings (SSSR count). The fraction of sp³-hybridized carbons (Fsp3) is 0.625. The van der Waals surface area contributed by atoms with Gasteiger partial charge in [0.05, 0.1) is 23.6 Å². The highest BCUT2D eigenvalue weighted by molar-refractivity contribution is 5.74. The summed E-state index contributed by atoms with van der Waals surface area (Å²) in [5, 5.41) is 0. The fourth-order valence-electron chi connectivity index (χ4n) is 4.01. The molecule has 2 fully saturated rings. The van der Waals surface area contributed by atoms with Crippen molar-refractivity contribution in [3.05, 3.63) is 23.8 Å². The molecule has 2 saturated heterocycles. The number of anilines is 2. The summed E-state index contributed by atoms with van der Waals surface area (Å²) in [6.45, 7) is 3.53. The minimum atomic E-state index is -0.0325. The standard InChI is InChI=1S/C16H22N2O2/c17-14-3-1-2-12-4-7-18(15(12)14)13-5-8-20-16(10-13)6-9-19-11-16/h1-3,13H,4-11,17H2. The van der Waals surface area contributed by atoms with Gasteiger partial charge in [-0.2, -0.15) is 0 Å². The molecule has 3 heterocycles. The monoisotopic (exact) mass is 274 g/mol. The fourth-order valence-corrected chi connectivity index (χ4v) is 4.01. The normalized spacial score (nSPS) is 32.8. The van der Waals surface area contributed by atoms with E-state index in [2.05, 4.69) is 17.0 Å². The van der Waals surface area contributed by atoms with Crippen molar-refractivity contribution < 1.29 is 9.47 Å². The molecule has 4 heteroatoms. The maximum absolute atomic E-state index is 6.22. The molecular formula is C16H22N2O2. The third-order valence-corrected chi connectivity index (χ3v) is 5.03. The molecule has 2 N–H and O–H groups in total. The van der Waals surface area contributed by atoms with E-state index in [4.69, 9.17) is 15.2 Å². The number of hydrogen-bond acceptors (Lipinski definition) is 4. The molecule has 0 aliphatic carbocycles. The molecule has 3 aliphatic heterocycles. The summed E-state index contributed by atoms with van der Waals surface area (Å²) in [6, 6.07) is 6.83. The lowest BCUT2D eigenvalue weighted by molar-refractivity contribution is -0.0857. The van der Waals surface area contributed by atoms with Crippen molar-refractivity contribution in [2.45, 2.75) is 37.3 Å². The number of benzene rings is 1. The Balaban J connectivity index is 1.60. The van der Waals surface area contributed by atoms with Gasteiger partial charge in [-0.05, 0) is 30.9 Å². The van der Waals surface area contributed by atoms with Crippen LogP contribution in [0, 0.1) is 0 Å². The highest BCUT2D eigenvalue weighted by Gasteiger charge is 2.43. The molecule has 2 unspecified atom stereocenters. The van der Waals surface area contributed by atoms with Crippen molar-refractivity contribution in [3.63, 3.8) is 0 Å². The lowest BCUT2D eigenvalue weighted by Crippen LogP contribution is -2.49. The van der Waals surface area contributed by atoms with Crippen molar-refractivity contribution >= 4 is 11.4 Å². The Labute approximate surface area is 119 Å². The van der Waals surface area contributed by atoms with E-state index < -0.39 is 0 Å². The van der Waals surface area contributed by atoms with Crippen LogP contribution < -0.4 is 10.6 Å². The number of fused-ring (bicyclic) bond motifs is 1. The Morgan fingerprint density at radius 3 is 3.10 bits per heavy atom. The van der Waals surface area contributed by atoms with E-state index in [0.717, 1.165) is 57.7 Å². The number of para-hydroxylation sites is 1. The second-order valence-corrected chi connectivity index (χ2v) is 6.28. The molecule has 0 bridgehead atoms. The molecule has 0 saturated carbocycles. The van der Waals surface area contributed by atoms with Crippen LogP contribution in [0.1, 0.15) is 24.8 Å². The van der Waals surface area contributed by atoms with Gasteiger partial charge in [0.2, 0.25) is 0 Å². The molecule has 3 aliphatic rings. The summed E-state index contributed by atoms with van der Waals surface area (Å²) in [6.07, 6.45) is 4.31. The van der Waals surface area contributed by atoms with Gasteiger partial charge in [-0.25, -0.2) is 0 Å². The molecule has 1 spiro atoms. The van der Waals surface area contributed by atoms with Crippen molar-refractivity contribution in [3.8, 4) is 0 Å². The SMILES string of the molecule is Nc1cccc2c1N(C1CCOC3(CCOC3)C1)CC2. The van der Waals surface area contributed by atoms with Crippen LogP contribution >= 0.6 is 0 Å². The Morgan fingerprint density at radius 1 is 1.30 bits per heavy atom. The van der Waals surface area contributed by atoms with Gasteiger partial charge in [0.1, 0.15) is 0 Å². The van der Waals surface area contributed by atoms with Gasteiger partial charge in [-0.3, -0.25) is 0 Å². The van der Waals surface area contributed by atoms with Crippen LogP contribution in [-0.4, -0.2) is 38.0 Å². The van der Waals surface area contributed by atoms with Crippen LogP contribution in [0.4, 0.5) is 11.4 Å². The molecule has 1 aromatic rings. The molecule has 2 atom stereocenters. The predicted molar refractivity (Wildman–Crippen MR) is 79.0 cm³/mol. The van der Waals surface area contributed by atoms with Crippen LogP contribution in [0.3, 0.4) is 0 Å². The quantitative estimate of drug-likeness (QED) is 0.795. The second kappa shape index (κ2) is 4.64. The number of rotatable bonds is 1. The first kappa shape index (κ1) is 12.5. The van der Waals surface area contributed by atoms with Gasteiger partial charge in [-0.1, -0.05) is 12.1 Å². The molecule has 0 aromatic heterocycles. The molecule has 0 amide bonds. The molecular weight excluding hydrogens is 252 g/mol. The molecule has 108 valence electrons. The van der Waals surface area contributed by atoms with Gasteiger partial charge < -0.3 is 20.1 Å². The van der Waals surface area contributed by atoms with E-state index in [0.29, 0.717) is 6.04 Å². The topological polar surface area (TPSA) is 47.7 Å². The number of nitrogens with zero attached hydrogens (tertiary/aromatic N) is 1. The van der Waals surface area contributed by atoms with E-state index in [1.54, 1.807) is 0 Å². The maximum atomic E-state index is 6.22. The molecule has 0 radical (unpaired) electrons. The van der Waals surface area contributed by atoms with Crippen LogP contribution in [0.2, 0.25) is 0 Å². The van der Waals surface area contributed by atoms with Gasteiger partial charge >= 0.3 is 0 Å². The van der Waals surface area contributed by atoms with Crippen molar-refractivity contribution in [1.82, 2.24) is 0 Å². The third-order valence-electron chi connectivity index (χ3n) is 5.03. The summed E-state index contributed by atoms with van der Waals surface area (Å²) in [5.74, 6) is 0. The largest absolute Gasteiger partial charge is 0.397 e. The number of nitrogen functional groups attached to an aromatic ring is 1. The Morgan fingerprint density at radius 2 is 2.25 bits per heavy atom. The van der Waals surface area contributed by atoms with E-state index >= 15 is 0 Å². The summed E-state index contributed by atoms with van der Waals surface area (Å²) >= 11 is 0. The number of hydrogen-bond donors (Lipinski definition) is 1. The molecule has 1 aromatic carbocycles. The lowest BCUT2D eigenvalue weighted by atomic mass is 9.89. The first-order chi connectivity index (χ1) is 9.77. The van der Waals surface area contributed by atoms with Crippen LogP contribution in [0.15, 0.2) is 18.2 Å². The van der Waals surface area contributed by atoms with E-state index in [-0.39, 0.29) is 5.60 Å². The predicted octanol–water partition coefficient (Wildman–Crippen LogP) is 1.97. The summed E-state index contributed by atoms with van der Waals surface area (Å²) < 4.78 is 11.6. The van der Waals surface area contributed by atoms with E-state index in [1.807, 2.05) is 6.07 Å². The minimum absolute atomic E-state index is 0.0325. The lowest BCUT2D eigenvalue weighted by Gasteiger charge is -2.42. The summed E-state index contributed by atoms with van der Waals surface area (Å²) in [5.41, 5.74) is 9.77. The molecule has 4 nitrogen and oxygen atoms in total. The van der Waals surface area contributed by atoms with Crippen LogP contribution in [-0.2, 0) is 15.9 Å². The average molecular weight is 274 g/mol. The average Bonchev–Trinajstić information content (AvgIpc) is 3.07. The number of nitrogens with two attached hydrogens (primary N) is 1. The number of ether oxygens (including phenoxy) is 2. The Kier molecular flexibility index (Phi) is 2.89. The zero-order valence-electron chi connectivity index (χ0n) is 11.8. The van der Waals surface area contributed by atoms with Gasteiger partial charge in [0, 0.05) is 32.2 Å². The maximum Gasteiger partial charge on any atom is 0.0956 e. The van der Waals surface area contributed by atoms with Gasteiger partial charge in [0.25, 0.3) is 0 Å². The summed E-state index contributed by atoms with van der Waals surface area (Å²) in [7, 11) is 0. The van der Waals surface area contributed by atoms with Crippen molar-refractivity contribution in [2.75, 3.05) is 37.0 Å². The first-order valence-corrected chi connectivity index (χ1v) is 7.63. The van der Waals surface area contributed by atoms with Crippen LogP contribution in [0.25, 0.3) is 0 Å². The summed E-state index contributed by atoms with van der Waals surface area (Å²) in [4.78, 5) is 2.52. The first-order valence-electron chi connectivity index (χ1n) is 7.63. The van der Waals surface area contributed by atoms with E-state index in [9.17, 15) is 0 Å². The van der Waals surface area contributed by atoms with Crippen molar-refractivity contribution in [1.29, 1.82) is 0 Å². The van der Waals surface area contributed by atoms with Gasteiger partial charge in [-0.15, -0.1) is 0 Å². The minimum Gasteiger partial charge on any atom is -0.397 e. The molecule has 20 heavy (non-hydrogen) atoms. The smallest absolute Gasteiger partial charge is 0.0956 e. The van der Waals surface area contributed by atoms with E-state index in [1.165, 1.54) is 11.3 Å². The van der Waals surface area contributed by atoms with Crippen molar-refractivity contribution in [2.24, 2.45) is 0 Å². The van der Waals surface area contributed by atoms with Crippen LogP contribution in [0.5, 0.6) is 0 Å². The zero-order chi connectivity index (χ0) is 13.6. The van der Waals surface area contributed by atoms with Gasteiger partial charge in [0.15, 0.2) is 0 Å². The zero-order valence-corrected chi connectivity index (χ0v) is 11.8. The third kappa shape index (κ3) is 1.90. The Bertz CT molecular complexity index is 511. The highest BCUT2D eigenvalue weighted by Crippen LogP contribution is 2.41. The highest BCUT2D eigenvalue weighted by atomic mass is 16.6. The Hall–Kier alpha value is -1.26. The second-order valence-electron chi connectivity index (χ2n) is 6.28.